The summed E-state index contributed by atoms with van der Waals surface area (Å²) in [5.41, 5.74) is 1.05. The minimum atomic E-state index is -0.432. The first-order chi connectivity index (χ1) is 10.6. The lowest BCUT2D eigenvalue weighted by Gasteiger charge is -2.17. The highest BCUT2D eigenvalue weighted by Gasteiger charge is 2.20. The van der Waals surface area contributed by atoms with Gasteiger partial charge in [-0.15, -0.1) is 0 Å². The molecule has 112 valence electrons. The van der Waals surface area contributed by atoms with E-state index in [2.05, 4.69) is 4.98 Å². The fourth-order valence-corrected chi connectivity index (χ4v) is 3.32. The van der Waals surface area contributed by atoms with Crippen molar-refractivity contribution < 1.29 is 9.18 Å². The number of aromatic nitrogens is 1. The van der Waals surface area contributed by atoms with Crippen LogP contribution < -0.4 is 4.90 Å². The molecule has 0 unspecified atom stereocenters. The second-order valence-electron chi connectivity index (χ2n) is 4.67. The van der Waals surface area contributed by atoms with Crippen molar-refractivity contribution in [3.8, 4) is 0 Å². The molecule has 3 rings (SSSR count). The molecule has 0 aliphatic carbocycles. The number of hydrogen-bond donors (Lipinski definition) is 0. The van der Waals surface area contributed by atoms with Crippen LogP contribution in [0.4, 0.5) is 9.52 Å². The first-order valence-electron chi connectivity index (χ1n) is 6.72. The molecule has 1 aromatic heterocycles. The van der Waals surface area contributed by atoms with Gasteiger partial charge in [-0.3, -0.25) is 9.69 Å². The van der Waals surface area contributed by atoms with E-state index in [0.29, 0.717) is 22.3 Å². The first kappa shape index (κ1) is 14.9. The fourth-order valence-electron chi connectivity index (χ4n) is 2.15. The molecule has 1 heterocycles. The Kier molecular flexibility index (Phi) is 4.09. The number of amides is 1. The number of fused-ring (bicyclic) bond motifs is 1. The van der Waals surface area contributed by atoms with Crippen LogP contribution in [-0.4, -0.2) is 17.4 Å². The van der Waals surface area contributed by atoms with E-state index >= 15 is 0 Å². The number of benzene rings is 2. The zero-order valence-electron chi connectivity index (χ0n) is 11.7. The third-order valence-corrected chi connectivity index (χ3v) is 4.50. The van der Waals surface area contributed by atoms with Crippen molar-refractivity contribution >= 4 is 44.2 Å². The number of nitrogens with zero attached hydrogens (tertiary/aromatic N) is 2. The maximum atomic E-state index is 13.3. The summed E-state index contributed by atoms with van der Waals surface area (Å²) in [6.45, 7) is 2.30. The van der Waals surface area contributed by atoms with Crippen LogP contribution in [0.15, 0.2) is 42.5 Å². The SMILES string of the molecule is CCN(C(=O)c1cccc(F)c1)c1nc2cc(Cl)ccc2s1. The Morgan fingerprint density at radius 1 is 1.32 bits per heavy atom. The molecule has 0 radical (unpaired) electrons. The van der Waals surface area contributed by atoms with Crippen LogP contribution in [0.3, 0.4) is 0 Å². The summed E-state index contributed by atoms with van der Waals surface area (Å²) < 4.78 is 14.3. The highest BCUT2D eigenvalue weighted by atomic mass is 35.5. The minimum absolute atomic E-state index is 0.271. The largest absolute Gasteiger partial charge is 0.284 e. The Morgan fingerprint density at radius 3 is 2.86 bits per heavy atom. The first-order valence-corrected chi connectivity index (χ1v) is 7.91. The predicted molar refractivity (Wildman–Crippen MR) is 88.4 cm³/mol. The van der Waals surface area contributed by atoms with Gasteiger partial charge in [0.2, 0.25) is 0 Å². The van der Waals surface area contributed by atoms with Crippen LogP contribution in [0.1, 0.15) is 17.3 Å². The van der Waals surface area contributed by atoms with Gasteiger partial charge in [-0.05, 0) is 43.3 Å². The van der Waals surface area contributed by atoms with Gasteiger partial charge in [-0.1, -0.05) is 29.0 Å². The van der Waals surface area contributed by atoms with Crippen LogP contribution in [0, 0.1) is 5.82 Å². The third-order valence-electron chi connectivity index (χ3n) is 3.20. The second-order valence-corrected chi connectivity index (χ2v) is 6.11. The van der Waals surface area contributed by atoms with E-state index in [0.717, 1.165) is 10.2 Å². The van der Waals surface area contributed by atoms with Crippen molar-refractivity contribution in [2.75, 3.05) is 11.4 Å². The summed E-state index contributed by atoms with van der Waals surface area (Å²) in [5, 5.41) is 1.18. The van der Waals surface area contributed by atoms with E-state index in [4.69, 9.17) is 11.6 Å². The van der Waals surface area contributed by atoms with E-state index < -0.39 is 5.82 Å². The van der Waals surface area contributed by atoms with Gasteiger partial charge >= 0.3 is 0 Å². The molecule has 6 heteroatoms. The molecule has 0 aliphatic rings. The van der Waals surface area contributed by atoms with Gasteiger partial charge in [0.15, 0.2) is 5.13 Å². The smallest absolute Gasteiger partial charge is 0.260 e. The summed E-state index contributed by atoms with van der Waals surface area (Å²) in [6.07, 6.45) is 0. The lowest BCUT2D eigenvalue weighted by molar-refractivity contribution is 0.0988. The summed E-state index contributed by atoms with van der Waals surface area (Å²) in [5.74, 6) is -0.704. The van der Waals surface area contributed by atoms with E-state index in [1.165, 1.54) is 34.4 Å². The van der Waals surface area contributed by atoms with Crippen LogP contribution in [0.2, 0.25) is 5.02 Å². The van der Waals surface area contributed by atoms with Gasteiger partial charge < -0.3 is 0 Å². The van der Waals surface area contributed by atoms with Gasteiger partial charge in [0.05, 0.1) is 10.2 Å². The molecule has 3 aromatic rings. The number of halogens is 2. The lowest BCUT2D eigenvalue weighted by Crippen LogP contribution is -2.30. The number of carbonyl (C=O) groups excluding carboxylic acids is 1. The predicted octanol–water partition coefficient (Wildman–Crippen LogP) is 4.76. The monoisotopic (exact) mass is 334 g/mol. The Balaban J connectivity index is 2.00. The molecule has 0 N–H and O–H groups in total. The van der Waals surface area contributed by atoms with E-state index in [9.17, 15) is 9.18 Å². The van der Waals surface area contributed by atoms with E-state index in [-0.39, 0.29) is 5.91 Å². The van der Waals surface area contributed by atoms with Crippen molar-refractivity contribution in [1.29, 1.82) is 0 Å². The Morgan fingerprint density at radius 2 is 2.14 bits per heavy atom. The van der Waals surface area contributed by atoms with Crippen molar-refractivity contribution in [1.82, 2.24) is 4.98 Å². The topological polar surface area (TPSA) is 33.2 Å². The maximum absolute atomic E-state index is 13.3. The number of carbonyl (C=O) groups is 1. The molecule has 0 saturated heterocycles. The van der Waals surface area contributed by atoms with Gasteiger partial charge in [0.25, 0.3) is 5.91 Å². The standard InChI is InChI=1S/C16H12ClFN2OS/c1-2-20(15(21)10-4-3-5-12(18)8-10)16-19-13-9-11(17)6-7-14(13)22-16/h3-9H,2H2,1H3. The summed E-state index contributed by atoms with van der Waals surface area (Å²) in [4.78, 5) is 18.6. The minimum Gasteiger partial charge on any atom is -0.284 e. The van der Waals surface area contributed by atoms with Gasteiger partial charge in [0, 0.05) is 17.1 Å². The van der Waals surface area contributed by atoms with Crippen LogP contribution in [-0.2, 0) is 0 Å². The van der Waals surface area contributed by atoms with Crippen molar-refractivity contribution in [3.05, 3.63) is 58.9 Å². The lowest BCUT2D eigenvalue weighted by atomic mass is 10.2. The normalized spacial score (nSPS) is 10.9. The molecule has 3 nitrogen and oxygen atoms in total. The molecule has 0 bridgehead atoms. The number of thiazole rings is 1. The van der Waals surface area contributed by atoms with Crippen molar-refractivity contribution in [3.63, 3.8) is 0 Å². The third kappa shape index (κ3) is 2.82. The van der Waals surface area contributed by atoms with Crippen LogP contribution in [0.5, 0.6) is 0 Å². The molecule has 0 spiro atoms. The highest BCUT2D eigenvalue weighted by molar-refractivity contribution is 7.22. The molecule has 22 heavy (non-hydrogen) atoms. The molecular formula is C16H12ClFN2OS. The maximum Gasteiger partial charge on any atom is 0.260 e. The zero-order valence-corrected chi connectivity index (χ0v) is 13.3. The Labute approximate surface area is 136 Å². The Hall–Kier alpha value is -1.98. The summed E-state index contributed by atoms with van der Waals surface area (Å²) in [7, 11) is 0. The summed E-state index contributed by atoms with van der Waals surface area (Å²) >= 11 is 7.37. The Bertz CT molecular complexity index is 849. The quantitative estimate of drug-likeness (QED) is 0.692. The van der Waals surface area contributed by atoms with Crippen molar-refractivity contribution in [2.24, 2.45) is 0 Å². The van der Waals surface area contributed by atoms with Crippen LogP contribution >= 0.6 is 22.9 Å². The second kappa shape index (κ2) is 6.02. The molecule has 2 aromatic carbocycles. The van der Waals surface area contributed by atoms with Crippen LogP contribution in [0.25, 0.3) is 10.2 Å². The fraction of sp³-hybridized carbons (Fsp3) is 0.125. The molecule has 1 amide bonds. The highest BCUT2D eigenvalue weighted by Crippen LogP contribution is 2.31. The number of anilines is 1. The van der Waals surface area contributed by atoms with E-state index in [1.807, 2.05) is 13.0 Å². The van der Waals surface area contributed by atoms with E-state index in [1.54, 1.807) is 18.2 Å². The number of rotatable bonds is 3. The molecule has 0 atom stereocenters. The average molecular weight is 335 g/mol. The average Bonchev–Trinajstić information content (AvgIpc) is 2.90. The molecular weight excluding hydrogens is 323 g/mol. The zero-order chi connectivity index (χ0) is 15.7. The van der Waals surface area contributed by atoms with Gasteiger partial charge in [-0.2, -0.15) is 0 Å². The molecule has 0 saturated carbocycles. The van der Waals surface area contributed by atoms with Crippen molar-refractivity contribution in [2.45, 2.75) is 6.92 Å². The van der Waals surface area contributed by atoms with Gasteiger partial charge in [0.1, 0.15) is 5.82 Å². The number of hydrogen-bond acceptors (Lipinski definition) is 3. The molecule has 0 aliphatic heterocycles. The summed E-state index contributed by atoms with van der Waals surface area (Å²) in [6, 6.07) is 11.1. The molecule has 0 fully saturated rings. The van der Waals surface area contributed by atoms with Gasteiger partial charge in [-0.25, -0.2) is 9.37 Å².